The monoisotopic (exact) mass is 355 g/mol. The van der Waals surface area contributed by atoms with Gasteiger partial charge in [0.25, 0.3) is 0 Å². The molecule has 0 spiro atoms. The normalized spacial score (nSPS) is 14.0. The topological polar surface area (TPSA) is 81.9 Å². The minimum absolute atomic E-state index is 0.0538. The zero-order valence-corrected chi connectivity index (χ0v) is 13.4. The first-order chi connectivity index (χ1) is 11.6. The largest absolute Gasteiger partial charge is 0.434 e. The molecule has 1 aliphatic rings. The number of tetrazole rings is 1. The average molecular weight is 355 g/mol. The smallest absolute Gasteiger partial charge is 0.387 e. The van der Waals surface area contributed by atoms with Crippen molar-refractivity contribution < 1.29 is 18.3 Å². The van der Waals surface area contributed by atoms with Crippen molar-refractivity contribution in [2.24, 2.45) is 0 Å². The van der Waals surface area contributed by atoms with Gasteiger partial charge in [0.05, 0.1) is 11.8 Å². The zero-order valence-electron chi connectivity index (χ0n) is 12.6. The van der Waals surface area contributed by atoms with Gasteiger partial charge >= 0.3 is 6.61 Å². The third-order valence-electron chi connectivity index (χ3n) is 3.35. The van der Waals surface area contributed by atoms with Gasteiger partial charge in [-0.15, -0.1) is 5.10 Å². The van der Waals surface area contributed by atoms with Crippen LogP contribution in [0.5, 0.6) is 5.75 Å². The molecule has 1 heterocycles. The summed E-state index contributed by atoms with van der Waals surface area (Å²) in [5, 5.41) is 14.7. The number of para-hydroxylation sites is 1. The first-order valence-corrected chi connectivity index (χ1v) is 8.32. The molecule has 1 saturated carbocycles. The Balaban J connectivity index is 1.50. The van der Waals surface area contributed by atoms with E-state index in [1.54, 1.807) is 22.9 Å². The van der Waals surface area contributed by atoms with Crippen LogP contribution in [0.3, 0.4) is 0 Å². The first-order valence-electron chi connectivity index (χ1n) is 7.33. The molecule has 1 aromatic heterocycles. The minimum atomic E-state index is -2.90. The summed E-state index contributed by atoms with van der Waals surface area (Å²) < 4.78 is 30.9. The molecule has 7 nitrogen and oxygen atoms in total. The van der Waals surface area contributed by atoms with Crippen LogP contribution in [0.15, 0.2) is 29.4 Å². The number of hydrogen-bond donors (Lipinski definition) is 1. The quantitative estimate of drug-likeness (QED) is 0.730. The first kappa shape index (κ1) is 16.6. The summed E-state index contributed by atoms with van der Waals surface area (Å²) in [6.45, 7) is -2.80. The molecule has 24 heavy (non-hydrogen) atoms. The van der Waals surface area contributed by atoms with Crippen LogP contribution in [-0.2, 0) is 11.3 Å². The Morgan fingerprint density at radius 1 is 1.42 bits per heavy atom. The van der Waals surface area contributed by atoms with Crippen molar-refractivity contribution in [2.75, 3.05) is 5.75 Å². The Labute approximate surface area is 140 Å². The predicted octanol–water partition coefficient (Wildman–Crippen LogP) is 2.02. The lowest BCUT2D eigenvalue weighted by Crippen LogP contribution is -2.25. The predicted molar refractivity (Wildman–Crippen MR) is 81.7 cm³/mol. The van der Waals surface area contributed by atoms with E-state index in [0.29, 0.717) is 16.8 Å². The molecule has 0 atom stereocenters. The molecule has 128 valence electrons. The number of thioether (sulfide) groups is 1. The number of aromatic nitrogens is 4. The van der Waals surface area contributed by atoms with E-state index in [1.165, 1.54) is 17.8 Å². The second-order valence-corrected chi connectivity index (χ2v) is 6.13. The van der Waals surface area contributed by atoms with E-state index < -0.39 is 6.61 Å². The maximum atomic E-state index is 12.4. The van der Waals surface area contributed by atoms with E-state index in [4.69, 9.17) is 0 Å². The molecular formula is C14H15F2N5O2S. The lowest BCUT2D eigenvalue weighted by molar-refractivity contribution is -0.118. The van der Waals surface area contributed by atoms with Gasteiger partial charge in [-0.2, -0.15) is 8.78 Å². The van der Waals surface area contributed by atoms with Crippen molar-refractivity contribution in [3.63, 3.8) is 0 Å². The van der Waals surface area contributed by atoms with Gasteiger partial charge in [0.2, 0.25) is 11.1 Å². The summed E-state index contributed by atoms with van der Waals surface area (Å²) in [7, 11) is 0. The van der Waals surface area contributed by atoms with Crippen LogP contribution in [0.4, 0.5) is 8.78 Å². The lowest BCUT2D eigenvalue weighted by atomic mass is 10.2. The molecule has 0 aliphatic heterocycles. The number of alkyl halides is 2. The van der Waals surface area contributed by atoms with E-state index in [9.17, 15) is 13.6 Å². The number of carbonyl (C=O) groups is 1. The van der Waals surface area contributed by atoms with Gasteiger partial charge in [0.1, 0.15) is 5.75 Å². The summed E-state index contributed by atoms with van der Waals surface area (Å²) in [5.41, 5.74) is 0.485. The highest BCUT2D eigenvalue weighted by Crippen LogP contribution is 2.36. The van der Waals surface area contributed by atoms with Gasteiger partial charge in [0.15, 0.2) is 0 Å². The molecule has 0 radical (unpaired) electrons. The van der Waals surface area contributed by atoms with E-state index in [-0.39, 0.29) is 24.0 Å². The fraction of sp³-hybridized carbons (Fsp3) is 0.429. The molecule has 1 aromatic carbocycles. The summed E-state index contributed by atoms with van der Waals surface area (Å²) >= 11 is 1.24. The summed E-state index contributed by atoms with van der Waals surface area (Å²) in [4.78, 5) is 11.9. The molecule has 1 amide bonds. The molecule has 10 heteroatoms. The van der Waals surface area contributed by atoms with Crippen LogP contribution >= 0.6 is 11.8 Å². The van der Waals surface area contributed by atoms with E-state index in [0.717, 1.165) is 12.8 Å². The van der Waals surface area contributed by atoms with Crippen LogP contribution in [-0.4, -0.2) is 38.5 Å². The van der Waals surface area contributed by atoms with Gasteiger partial charge in [-0.05, 0) is 29.3 Å². The van der Waals surface area contributed by atoms with Gasteiger partial charge in [-0.3, -0.25) is 4.79 Å². The summed E-state index contributed by atoms with van der Waals surface area (Å²) in [6, 6.07) is 6.68. The van der Waals surface area contributed by atoms with Crippen molar-refractivity contribution in [2.45, 2.75) is 37.2 Å². The highest BCUT2D eigenvalue weighted by atomic mass is 32.2. The number of ether oxygens (including phenoxy) is 1. The van der Waals surface area contributed by atoms with Crippen LogP contribution in [0.25, 0.3) is 0 Å². The zero-order chi connectivity index (χ0) is 16.9. The number of nitrogens with zero attached hydrogens (tertiary/aromatic N) is 4. The molecule has 0 unspecified atom stereocenters. The van der Waals surface area contributed by atoms with Gasteiger partial charge in [0, 0.05) is 12.1 Å². The van der Waals surface area contributed by atoms with Gasteiger partial charge in [-0.1, -0.05) is 30.0 Å². The molecule has 1 fully saturated rings. The fourth-order valence-corrected chi connectivity index (χ4v) is 2.84. The molecule has 3 rings (SSSR count). The highest BCUT2D eigenvalue weighted by Gasteiger charge is 2.28. The summed E-state index contributed by atoms with van der Waals surface area (Å²) in [6.07, 6.45) is 2.09. The van der Waals surface area contributed by atoms with Crippen molar-refractivity contribution in [1.29, 1.82) is 0 Å². The van der Waals surface area contributed by atoms with Crippen LogP contribution in [0, 0.1) is 0 Å². The Morgan fingerprint density at radius 2 is 2.21 bits per heavy atom. The number of benzene rings is 1. The Bertz CT molecular complexity index is 708. The molecule has 2 aromatic rings. The number of nitrogens with one attached hydrogen (secondary N) is 1. The molecule has 0 saturated heterocycles. The van der Waals surface area contributed by atoms with E-state index >= 15 is 0 Å². The molecule has 0 bridgehead atoms. The number of halogens is 2. The van der Waals surface area contributed by atoms with Crippen molar-refractivity contribution >= 4 is 17.7 Å². The standard InChI is InChI=1S/C14H15F2N5O2S/c15-13(16)23-11-4-2-1-3-9(11)7-17-12(22)8-24-14-18-19-20-21(14)10-5-6-10/h1-4,10,13H,5-8H2,(H,17,22). The number of rotatable bonds is 8. The van der Waals surface area contributed by atoms with E-state index in [2.05, 4.69) is 25.6 Å². The van der Waals surface area contributed by atoms with Gasteiger partial charge in [-0.25, -0.2) is 4.68 Å². The maximum absolute atomic E-state index is 12.4. The third-order valence-corrected chi connectivity index (χ3v) is 4.29. The van der Waals surface area contributed by atoms with Crippen LogP contribution in [0.2, 0.25) is 0 Å². The van der Waals surface area contributed by atoms with E-state index in [1.807, 2.05) is 0 Å². The lowest BCUT2D eigenvalue weighted by Gasteiger charge is -2.11. The molecule has 1 N–H and O–H groups in total. The number of hydrogen-bond acceptors (Lipinski definition) is 6. The van der Waals surface area contributed by atoms with Crippen molar-refractivity contribution in [1.82, 2.24) is 25.5 Å². The maximum Gasteiger partial charge on any atom is 0.387 e. The molecular weight excluding hydrogens is 340 g/mol. The van der Waals surface area contributed by atoms with Crippen molar-refractivity contribution in [3.05, 3.63) is 29.8 Å². The third kappa shape index (κ3) is 4.40. The SMILES string of the molecule is O=C(CSc1nnnn1C1CC1)NCc1ccccc1OC(F)F. The van der Waals surface area contributed by atoms with Crippen LogP contribution in [0.1, 0.15) is 24.4 Å². The van der Waals surface area contributed by atoms with Crippen LogP contribution < -0.4 is 10.1 Å². The van der Waals surface area contributed by atoms with Crippen molar-refractivity contribution in [3.8, 4) is 5.75 Å². The Morgan fingerprint density at radius 3 is 2.96 bits per heavy atom. The molecule has 1 aliphatic carbocycles. The minimum Gasteiger partial charge on any atom is -0.434 e. The average Bonchev–Trinajstić information content (AvgIpc) is 3.30. The highest BCUT2D eigenvalue weighted by molar-refractivity contribution is 7.99. The second kappa shape index (κ2) is 7.56. The number of amides is 1. The summed E-state index contributed by atoms with van der Waals surface area (Å²) in [5.74, 6) is -0.0411. The number of carbonyl (C=O) groups excluding carboxylic acids is 1. The fourth-order valence-electron chi connectivity index (χ4n) is 2.06. The second-order valence-electron chi connectivity index (χ2n) is 5.19. The Kier molecular flexibility index (Phi) is 5.24. The van der Waals surface area contributed by atoms with Gasteiger partial charge < -0.3 is 10.1 Å². The Hall–Kier alpha value is -2.23.